The van der Waals surface area contributed by atoms with Crippen molar-refractivity contribution in [1.82, 2.24) is 10.2 Å². The molecule has 1 N–H and O–H groups in total. The van der Waals surface area contributed by atoms with Crippen molar-refractivity contribution in [2.75, 3.05) is 27.2 Å². The molecule has 1 rings (SSSR count). The fraction of sp³-hybridized carbons (Fsp3) is 0.571. The van der Waals surface area contributed by atoms with Crippen LogP contribution in [0.2, 0.25) is 0 Å². The first-order valence-electron chi connectivity index (χ1n) is 6.48. The summed E-state index contributed by atoms with van der Waals surface area (Å²) >= 11 is 0. The molecule has 1 atom stereocenters. The summed E-state index contributed by atoms with van der Waals surface area (Å²) in [6.07, 6.45) is 1.53. The van der Waals surface area contributed by atoms with Gasteiger partial charge in [-0.05, 0) is 46.1 Å². The van der Waals surface area contributed by atoms with E-state index in [0.29, 0.717) is 13.0 Å². The van der Waals surface area contributed by atoms with E-state index in [2.05, 4.69) is 5.32 Å². The predicted octanol–water partition coefficient (Wildman–Crippen LogP) is 3.10. The number of hydrogen-bond acceptors (Lipinski definition) is 2. The van der Waals surface area contributed by atoms with E-state index < -0.39 is 17.5 Å². The normalized spacial score (nSPS) is 13.0. The third kappa shape index (κ3) is 4.51. The second-order valence-corrected chi connectivity index (χ2v) is 4.86. The molecule has 0 bridgehead atoms. The Morgan fingerprint density at radius 1 is 1.16 bits per heavy atom. The van der Waals surface area contributed by atoms with Crippen LogP contribution in [0, 0.1) is 17.5 Å². The number of halogens is 3. The van der Waals surface area contributed by atoms with Gasteiger partial charge in [-0.2, -0.15) is 0 Å². The monoisotopic (exact) mass is 274 g/mol. The van der Waals surface area contributed by atoms with E-state index in [-0.39, 0.29) is 11.6 Å². The maximum Gasteiger partial charge on any atom is 0.194 e. The van der Waals surface area contributed by atoms with Crippen LogP contribution in [0.3, 0.4) is 0 Å². The average Bonchev–Trinajstić information content (AvgIpc) is 2.37. The van der Waals surface area contributed by atoms with E-state index in [4.69, 9.17) is 0 Å². The molecule has 5 heteroatoms. The van der Waals surface area contributed by atoms with Gasteiger partial charge in [0.05, 0.1) is 0 Å². The van der Waals surface area contributed by atoms with E-state index in [1.54, 1.807) is 0 Å². The molecular weight excluding hydrogens is 253 g/mol. The molecule has 0 aromatic heterocycles. The van der Waals surface area contributed by atoms with Crippen molar-refractivity contribution >= 4 is 0 Å². The van der Waals surface area contributed by atoms with Crippen molar-refractivity contribution in [3.8, 4) is 0 Å². The Morgan fingerprint density at radius 2 is 1.84 bits per heavy atom. The Kier molecular flexibility index (Phi) is 6.31. The van der Waals surface area contributed by atoms with Crippen LogP contribution in [-0.2, 0) is 0 Å². The van der Waals surface area contributed by atoms with E-state index >= 15 is 0 Å². The van der Waals surface area contributed by atoms with Crippen LogP contribution < -0.4 is 5.32 Å². The average molecular weight is 274 g/mol. The molecule has 108 valence electrons. The van der Waals surface area contributed by atoms with E-state index in [9.17, 15) is 13.2 Å². The summed E-state index contributed by atoms with van der Waals surface area (Å²) in [5.74, 6) is -3.64. The molecule has 0 aliphatic rings. The van der Waals surface area contributed by atoms with Gasteiger partial charge in [0, 0.05) is 11.6 Å². The standard InChI is InChI=1S/C14H21F3N2/c1-4-8-18-12(7-9-19(2)3)10-5-6-11(15)14(17)13(10)16/h5-6,12,18H,4,7-9H2,1-3H3. The number of rotatable bonds is 7. The number of benzene rings is 1. The fourth-order valence-electron chi connectivity index (χ4n) is 1.88. The van der Waals surface area contributed by atoms with Crippen LogP contribution in [0.15, 0.2) is 12.1 Å². The topological polar surface area (TPSA) is 15.3 Å². The quantitative estimate of drug-likeness (QED) is 0.769. The highest BCUT2D eigenvalue weighted by Gasteiger charge is 2.20. The van der Waals surface area contributed by atoms with Gasteiger partial charge in [-0.15, -0.1) is 0 Å². The molecular formula is C14H21F3N2. The molecule has 0 aliphatic carbocycles. The van der Waals surface area contributed by atoms with Gasteiger partial charge in [0.25, 0.3) is 0 Å². The highest BCUT2D eigenvalue weighted by molar-refractivity contribution is 5.23. The van der Waals surface area contributed by atoms with Gasteiger partial charge in [0.2, 0.25) is 0 Å². The smallest absolute Gasteiger partial charge is 0.194 e. The van der Waals surface area contributed by atoms with Gasteiger partial charge < -0.3 is 10.2 Å². The van der Waals surface area contributed by atoms with E-state index in [1.165, 1.54) is 6.07 Å². The second-order valence-electron chi connectivity index (χ2n) is 4.86. The molecule has 0 amide bonds. The van der Waals surface area contributed by atoms with Gasteiger partial charge >= 0.3 is 0 Å². The van der Waals surface area contributed by atoms with Crippen molar-refractivity contribution in [1.29, 1.82) is 0 Å². The first-order chi connectivity index (χ1) is 8.97. The molecule has 2 nitrogen and oxygen atoms in total. The van der Waals surface area contributed by atoms with Gasteiger partial charge in [-0.25, -0.2) is 13.2 Å². The summed E-state index contributed by atoms with van der Waals surface area (Å²) in [6, 6.07) is 1.98. The maximum atomic E-state index is 13.8. The summed E-state index contributed by atoms with van der Waals surface area (Å²) in [5, 5.41) is 3.17. The molecule has 0 heterocycles. The van der Waals surface area contributed by atoms with E-state index in [1.807, 2.05) is 25.9 Å². The SMILES string of the molecule is CCCNC(CCN(C)C)c1ccc(F)c(F)c1F. The van der Waals surface area contributed by atoms with Crippen LogP contribution in [0.5, 0.6) is 0 Å². The zero-order valence-corrected chi connectivity index (χ0v) is 11.6. The summed E-state index contributed by atoms with van der Waals surface area (Å²) < 4.78 is 40.0. The largest absolute Gasteiger partial charge is 0.310 e. The van der Waals surface area contributed by atoms with Gasteiger partial charge in [-0.3, -0.25) is 0 Å². The number of hydrogen-bond donors (Lipinski definition) is 1. The zero-order valence-electron chi connectivity index (χ0n) is 11.6. The predicted molar refractivity (Wildman–Crippen MR) is 70.5 cm³/mol. The lowest BCUT2D eigenvalue weighted by molar-refractivity contribution is 0.351. The van der Waals surface area contributed by atoms with Crippen molar-refractivity contribution in [3.63, 3.8) is 0 Å². The maximum absolute atomic E-state index is 13.8. The first kappa shape index (κ1) is 16.0. The molecule has 0 saturated carbocycles. The lowest BCUT2D eigenvalue weighted by Crippen LogP contribution is -2.27. The molecule has 0 saturated heterocycles. The first-order valence-corrected chi connectivity index (χ1v) is 6.48. The van der Waals surface area contributed by atoms with Crippen LogP contribution in [0.1, 0.15) is 31.4 Å². The Bertz CT molecular complexity index is 408. The number of nitrogens with one attached hydrogen (secondary N) is 1. The molecule has 0 radical (unpaired) electrons. The second kappa shape index (κ2) is 7.50. The third-order valence-corrected chi connectivity index (χ3v) is 2.95. The highest BCUT2D eigenvalue weighted by Crippen LogP contribution is 2.24. The zero-order chi connectivity index (χ0) is 14.4. The van der Waals surface area contributed by atoms with Crippen LogP contribution in [-0.4, -0.2) is 32.1 Å². The summed E-state index contributed by atoms with van der Waals surface area (Å²) in [7, 11) is 3.83. The Labute approximate surface area is 112 Å². The molecule has 1 aromatic carbocycles. The molecule has 0 fully saturated rings. The molecule has 1 unspecified atom stereocenters. The van der Waals surface area contributed by atoms with E-state index in [0.717, 1.165) is 19.0 Å². The number of nitrogens with zero attached hydrogens (tertiary/aromatic N) is 1. The summed E-state index contributed by atoms with van der Waals surface area (Å²) in [5.41, 5.74) is 0.189. The summed E-state index contributed by atoms with van der Waals surface area (Å²) in [4.78, 5) is 1.97. The van der Waals surface area contributed by atoms with Gasteiger partial charge in [0.1, 0.15) is 0 Å². The van der Waals surface area contributed by atoms with Crippen LogP contribution in [0.25, 0.3) is 0 Å². The van der Waals surface area contributed by atoms with Crippen LogP contribution >= 0.6 is 0 Å². The molecule has 0 spiro atoms. The Balaban J connectivity index is 2.92. The van der Waals surface area contributed by atoms with Crippen LogP contribution in [0.4, 0.5) is 13.2 Å². The minimum absolute atomic E-state index is 0.189. The third-order valence-electron chi connectivity index (χ3n) is 2.95. The molecule has 19 heavy (non-hydrogen) atoms. The molecule has 0 aliphatic heterocycles. The minimum atomic E-state index is -1.40. The van der Waals surface area contributed by atoms with Gasteiger partial charge in [0.15, 0.2) is 17.5 Å². The lowest BCUT2D eigenvalue weighted by atomic mass is 10.0. The fourth-order valence-corrected chi connectivity index (χ4v) is 1.88. The highest BCUT2D eigenvalue weighted by atomic mass is 19.2. The lowest BCUT2D eigenvalue weighted by Gasteiger charge is -2.21. The van der Waals surface area contributed by atoms with Crippen molar-refractivity contribution in [2.45, 2.75) is 25.8 Å². The van der Waals surface area contributed by atoms with Crippen molar-refractivity contribution in [3.05, 3.63) is 35.1 Å². The molecule has 1 aromatic rings. The Hall–Kier alpha value is -1.07. The minimum Gasteiger partial charge on any atom is -0.310 e. The van der Waals surface area contributed by atoms with Crippen molar-refractivity contribution < 1.29 is 13.2 Å². The van der Waals surface area contributed by atoms with Crippen molar-refractivity contribution in [2.24, 2.45) is 0 Å². The Morgan fingerprint density at radius 3 is 2.42 bits per heavy atom. The van der Waals surface area contributed by atoms with Gasteiger partial charge in [-0.1, -0.05) is 13.0 Å². The summed E-state index contributed by atoms with van der Waals surface area (Å²) in [6.45, 7) is 3.44.